The average Bonchev–Trinajstić information content (AvgIpc) is 3.22. The molecule has 1 saturated heterocycles. The molecule has 3 rings (SSSR count). The first-order chi connectivity index (χ1) is 14.9. The second-order valence-corrected chi connectivity index (χ2v) is 8.46. The Hall–Kier alpha value is -3.02. The number of hydrogen-bond donors (Lipinski definition) is 1. The van der Waals surface area contributed by atoms with Gasteiger partial charge in [-0.25, -0.2) is 0 Å². The highest BCUT2D eigenvalue weighted by atomic mass is 16.5. The third-order valence-corrected chi connectivity index (χ3v) is 5.84. The van der Waals surface area contributed by atoms with Crippen LogP contribution in [0.4, 0.5) is 0 Å². The van der Waals surface area contributed by atoms with Crippen LogP contribution >= 0.6 is 0 Å². The normalized spacial score (nSPS) is 18.2. The van der Waals surface area contributed by atoms with Gasteiger partial charge >= 0.3 is 0 Å². The molecule has 1 heterocycles. The highest BCUT2D eigenvalue weighted by molar-refractivity contribution is 5.96. The smallest absolute Gasteiger partial charge is 0.254 e. The number of hydrogen-bond acceptors (Lipinski definition) is 4. The fourth-order valence-corrected chi connectivity index (χ4v) is 4.17. The molecule has 0 aromatic heterocycles. The molecule has 0 unspecified atom stereocenters. The Bertz CT molecular complexity index is 941. The molecule has 2 aromatic carbocycles. The second-order valence-electron chi connectivity index (χ2n) is 8.46. The summed E-state index contributed by atoms with van der Waals surface area (Å²) in [4.78, 5) is 28.2. The lowest BCUT2D eigenvalue weighted by Gasteiger charge is -2.22. The first kappa shape index (κ1) is 22.7. The molecular formula is C25H32N2O4. The van der Waals surface area contributed by atoms with Crippen molar-refractivity contribution in [2.75, 3.05) is 33.9 Å². The lowest BCUT2D eigenvalue weighted by atomic mass is 9.87. The number of carbonyl (C=O) groups excluding carboxylic acids is 2. The largest absolute Gasteiger partial charge is 0.493 e. The van der Waals surface area contributed by atoms with Gasteiger partial charge in [0.1, 0.15) is 0 Å². The minimum Gasteiger partial charge on any atom is -0.493 e. The molecule has 6 heteroatoms. The summed E-state index contributed by atoms with van der Waals surface area (Å²) in [5.74, 6) is 0.928. The van der Waals surface area contributed by atoms with Gasteiger partial charge in [-0.3, -0.25) is 9.59 Å². The van der Waals surface area contributed by atoms with Crippen molar-refractivity contribution < 1.29 is 19.1 Å². The number of nitrogens with zero attached hydrogens (tertiary/aromatic N) is 1. The predicted molar refractivity (Wildman–Crippen MR) is 121 cm³/mol. The second kappa shape index (κ2) is 9.86. The van der Waals surface area contributed by atoms with E-state index < -0.39 is 0 Å². The van der Waals surface area contributed by atoms with Gasteiger partial charge in [-0.2, -0.15) is 0 Å². The van der Waals surface area contributed by atoms with Crippen LogP contribution in [-0.2, 0) is 4.79 Å². The third-order valence-electron chi connectivity index (χ3n) is 5.84. The Morgan fingerprint density at radius 1 is 1.06 bits per heavy atom. The molecule has 0 radical (unpaired) electrons. The molecule has 166 valence electrons. The fourth-order valence-electron chi connectivity index (χ4n) is 4.17. The van der Waals surface area contributed by atoms with E-state index in [2.05, 4.69) is 19.2 Å². The molecule has 31 heavy (non-hydrogen) atoms. The van der Waals surface area contributed by atoms with E-state index in [1.807, 2.05) is 49.4 Å². The van der Waals surface area contributed by atoms with Crippen molar-refractivity contribution in [3.05, 3.63) is 59.2 Å². The molecule has 0 bridgehead atoms. The number of para-hydroxylation sites is 1. The topological polar surface area (TPSA) is 67.9 Å². The van der Waals surface area contributed by atoms with Gasteiger partial charge in [0.05, 0.1) is 20.1 Å². The van der Waals surface area contributed by atoms with Gasteiger partial charge in [-0.05, 0) is 30.5 Å². The van der Waals surface area contributed by atoms with Gasteiger partial charge < -0.3 is 19.7 Å². The van der Waals surface area contributed by atoms with Crippen LogP contribution in [0, 0.1) is 18.8 Å². The monoisotopic (exact) mass is 424 g/mol. The summed E-state index contributed by atoms with van der Waals surface area (Å²) in [7, 11) is 3.19. The number of likely N-dealkylation sites (tertiary alicyclic amines) is 1. The number of amides is 2. The van der Waals surface area contributed by atoms with Crippen molar-refractivity contribution in [3.63, 3.8) is 0 Å². The summed E-state index contributed by atoms with van der Waals surface area (Å²) in [6.45, 7) is 7.46. The summed E-state index contributed by atoms with van der Waals surface area (Å²) < 4.78 is 11.1. The van der Waals surface area contributed by atoms with Gasteiger partial charge in [0.2, 0.25) is 5.91 Å². The van der Waals surface area contributed by atoms with Gasteiger partial charge in [0.25, 0.3) is 5.91 Å². The predicted octanol–water partition coefficient (Wildman–Crippen LogP) is 3.64. The fraction of sp³-hybridized carbons (Fsp3) is 0.440. The van der Waals surface area contributed by atoms with Crippen LogP contribution in [0.5, 0.6) is 11.5 Å². The molecule has 1 aliphatic rings. The standard InChI is InChI=1S/C25H32N2O4/c1-16(2)13-26-24(28)21-15-27(25(29)18-10-7-6-9-17(18)3)14-20(21)19-11-8-12-22(30-4)23(19)31-5/h6-12,16,20-21H,13-15H2,1-5H3,(H,26,28)/t20-,21-/m1/s1. The number of benzene rings is 2. The Balaban J connectivity index is 1.96. The first-order valence-electron chi connectivity index (χ1n) is 10.7. The van der Waals surface area contributed by atoms with Gasteiger partial charge in [0, 0.05) is 36.7 Å². The van der Waals surface area contributed by atoms with E-state index in [0.717, 1.165) is 11.1 Å². The quantitative estimate of drug-likeness (QED) is 0.737. The lowest BCUT2D eigenvalue weighted by Crippen LogP contribution is -2.37. The van der Waals surface area contributed by atoms with Crippen molar-refractivity contribution >= 4 is 11.8 Å². The maximum Gasteiger partial charge on any atom is 0.254 e. The van der Waals surface area contributed by atoms with Crippen molar-refractivity contribution in [3.8, 4) is 11.5 Å². The van der Waals surface area contributed by atoms with E-state index in [-0.39, 0.29) is 23.7 Å². The summed E-state index contributed by atoms with van der Waals surface area (Å²) in [5, 5.41) is 3.05. The van der Waals surface area contributed by atoms with E-state index in [1.165, 1.54) is 0 Å². The molecule has 1 aliphatic heterocycles. The molecule has 2 amide bonds. The van der Waals surface area contributed by atoms with E-state index in [0.29, 0.717) is 42.6 Å². The molecule has 1 fully saturated rings. The minimum atomic E-state index is -0.368. The molecule has 0 saturated carbocycles. The van der Waals surface area contributed by atoms with Gasteiger partial charge in [-0.1, -0.05) is 44.2 Å². The van der Waals surface area contributed by atoms with Crippen LogP contribution in [-0.4, -0.2) is 50.6 Å². The van der Waals surface area contributed by atoms with Gasteiger partial charge in [-0.15, -0.1) is 0 Å². The molecule has 0 aliphatic carbocycles. The maximum absolute atomic E-state index is 13.3. The summed E-state index contributed by atoms with van der Waals surface area (Å²) in [6.07, 6.45) is 0. The summed E-state index contributed by atoms with van der Waals surface area (Å²) >= 11 is 0. The minimum absolute atomic E-state index is 0.0383. The maximum atomic E-state index is 13.3. The van der Waals surface area contributed by atoms with E-state index in [4.69, 9.17) is 9.47 Å². The molecule has 0 spiro atoms. The lowest BCUT2D eigenvalue weighted by molar-refractivity contribution is -0.125. The van der Waals surface area contributed by atoms with Crippen molar-refractivity contribution in [2.45, 2.75) is 26.7 Å². The number of methoxy groups -OCH3 is 2. The van der Waals surface area contributed by atoms with Crippen LogP contribution in [0.3, 0.4) is 0 Å². The van der Waals surface area contributed by atoms with Crippen molar-refractivity contribution in [1.29, 1.82) is 0 Å². The van der Waals surface area contributed by atoms with Crippen LogP contribution in [0.25, 0.3) is 0 Å². The number of aryl methyl sites for hydroxylation is 1. The Kier molecular flexibility index (Phi) is 7.21. The molecule has 2 atom stereocenters. The molecule has 6 nitrogen and oxygen atoms in total. The zero-order valence-corrected chi connectivity index (χ0v) is 19.0. The van der Waals surface area contributed by atoms with E-state index in [9.17, 15) is 9.59 Å². The highest BCUT2D eigenvalue weighted by Gasteiger charge is 2.42. The molecule has 2 aromatic rings. The Morgan fingerprint density at radius 3 is 2.45 bits per heavy atom. The highest BCUT2D eigenvalue weighted by Crippen LogP contribution is 2.42. The number of nitrogens with one attached hydrogen (secondary N) is 1. The average molecular weight is 425 g/mol. The SMILES string of the molecule is COc1cccc([C@H]2CN(C(=O)c3ccccc3C)C[C@H]2C(=O)NCC(C)C)c1OC. The first-order valence-corrected chi connectivity index (χ1v) is 10.7. The number of rotatable bonds is 7. The summed E-state index contributed by atoms with van der Waals surface area (Å²) in [6, 6.07) is 13.2. The molecular weight excluding hydrogens is 392 g/mol. The Labute approximate surface area is 184 Å². The zero-order chi connectivity index (χ0) is 22.5. The molecule has 1 N–H and O–H groups in total. The zero-order valence-electron chi connectivity index (χ0n) is 19.0. The van der Waals surface area contributed by atoms with E-state index >= 15 is 0 Å². The van der Waals surface area contributed by atoms with Crippen molar-refractivity contribution in [2.24, 2.45) is 11.8 Å². The Morgan fingerprint density at radius 2 is 1.81 bits per heavy atom. The number of ether oxygens (including phenoxy) is 2. The van der Waals surface area contributed by atoms with Crippen LogP contribution in [0.15, 0.2) is 42.5 Å². The third kappa shape index (κ3) is 4.84. The number of carbonyl (C=O) groups is 2. The van der Waals surface area contributed by atoms with Crippen LogP contribution in [0.2, 0.25) is 0 Å². The van der Waals surface area contributed by atoms with E-state index in [1.54, 1.807) is 19.1 Å². The van der Waals surface area contributed by atoms with Crippen molar-refractivity contribution in [1.82, 2.24) is 10.2 Å². The summed E-state index contributed by atoms with van der Waals surface area (Å²) in [5.41, 5.74) is 2.48. The van der Waals surface area contributed by atoms with Crippen LogP contribution < -0.4 is 14.8 Å². The van der Waals surface area contributed by atoms with Gasteiger partial charge in [0.15, 0.2) is 11.5 Å². The van der Waals surface area contributed by atoms with Crippen LogP contribution in [0.1, 0.15) is 41.3 Å².